The van der Waals surface area contributed by atoms with Gasteiger partial charge in [-0.1, -0.05) is 5.16 Å². The van der Waals surface area contributed by atoms with Crippen LogP contribution in [-0.4, -0.2) is 57.7 Å². The Hall–Kier alpha value is -1.60. The van der Waals surface area contributed by atoms with Gasteiger partial charge in [0.25, 0.3) is 11.8 Å². The minimum Gasteiger partial charge on any atom is -0.543 e. The number of hydrogen-bond donors (Lipinski definition) is 2. The summed E-state index contributed by atoms with van der Waals surface area (Å²) in [5.74, 6) is -2.24. The van der Waals surface area contributed by atoms with E-state index in [1.807, 2.05) is 0 Å². The van der Waals surface area contributed by atoms with Crippen molar-refractivity contribution in [2.75, 3.05) is 18.6 Å². The van der Waals surface area contributed by atoms with E-state index in [2.05, 4.69) is 20.3 Å². The summed E-state index contributed by atoms with van der Waals surface area (Å²) in [6, 6.07) is -0.876. The molecule has 2 amide bonds. The second-order valence-electron chi connectivity index (χ2n) is 4.95. The molecule has 3 heterocycles. The van der Waals surface area contributed by atoms with Gasteiger partial charge < -0.3 is 25.8 Å². The van der Waals surface area contributed by atoms with Crippen molar-refractivity contribution in [1.29, 1.82) is 0 Å². The molecule has 0 aliphatic carbocycles. The Balaban J connectivity index is 0.00000243. The van der Waals surface area contributed by atoms with E-state index in [1.54, 1.807) is 0 Å². The smallest absolute Gasteiger partial charge is 0.543 e. The molecule has 132 valence electrons. The summed E-state index contributed by atoms with van der Waals surface area (Å²) in [5.41, 5.74) is 5.46. The molecular weight excluding hydrogens is 393 g/mol. The molecule has 1 saturated heterocycles. The Labute approximate surface area is 178 Å². The van der Waals surface area contributed by atoms with Crippen molar-refractivity contribution in [2.45, 2.75) is 11.4 Å². The van der Waals surface area contributed by atoms with Crippen LogP contribution in [0.4, 0.5) is 5.13 Å². The number of nitrogens with one attached hydrogen (secondary N) is 1. The van der Waals surface area contributed by atoms with Crippen molar-refractivity contribution in [3.05, 3.63) is 22.8 Å². The zero-order valence-corrected chi connectivity index (χ0v) is 17.4. The number of amides is 2. The minimum absolute atomic E-state index is 0. The maximum Gasteiger partial charge on any atom is 1.00 e. The number of β-lactam (4-membered cyclic amide) rings is 1. The number of carbonyl (C=O) groups excluding carboxylic acids is 3. The van der Waals surface area contributed by atoms with Crippen LogP contribution in [0.25, 0.3) is 0 Å². The fourth-order valence-electron chi connectivity index (χ4n) is 2.43. The van der Waals surface area contributed by atoms with Gasteiger partial charge in [0.05, 0.1) is 11.7 Å². The Morgan fingerprint density at radius 3 is 2.85 bits per heavy atom. The topological polar surface area (TPSA) is 150 Å². The molecule has 3 N–H and O–H groups in total. The van der Waals surface area contributed by atoms with Gasteiger partial charge in [0, 0.05) is 11.1 Å². The van der Waals surface area contributed by atoms with E-state index in [-0.39, 0.29) is 51.8 Å². The monoisotopic (exact) mass is 405 g/mol. The molecule has 1 aromatic rings. The maximum absolute atomic E-state index is 12.5. The number of carboxylic acid groups (broad SMARTS) is 1. The third-order valence-electron chi connectivity index (χ3n) is 3.50. The van der Waals surface area contributed by atoms with Gasteiger partial charge in [-0.15, -0.1) is 23.1 Å². The molecule has 1 fully saturated rings. The van der Waals surface area contributed by atoms with E-state index in [0.29, 0.717) is 5.75 Å². The fourth-order valence-corrected chi connectivity index (χ4v) is 4.17. The predicted molar refractivity (Wildman–Crippen MR) is 88.2 cm³/mol. The standard InChI is InChI=1S/C13H13N5O5S2.Na/c1-23-17-7(5-4-25-13(14)15-5)9(19)16-8-10(20)18-6(12(21)22)2-3-24-11(8)18;/h2,4,8,11H,3H2,1H3,(H2,14,15)(H,16,19)(H,21,22);/q;+1/p-1/b17-7+;. The van der Waals surface area contributed by atoms with Crippen LogP contribution in [0.2, 0.25) is 0 Å². The van der Waals surface area contributed by atoms with Gasteiger partial charge in [-0.25, -0.2) is 4.98 Å². The minimum atomic E-state index is -1.43. The summed E-state index contributed by atoms with van der Waals surface area (Å²) >= 11 is 2.46. The van der Waals surface area contributed by atoms with Gasteiger partial charge in [0.15, 0.2) is 10.8 Å². The second-order valence-corrected chi connectivity index (χ2v) is 6.99. The van der Waals surface area contributed by atoms with Gasteiger partial charge in [-0.05, 0) is 6.08 Å². The summed E-state index contributed by atoms with van der Waals surface area (Å²) in [4.78, 5) is 45.5. The van der Waals surface area contributed by atoms with E-state index in [9.17, 15) is 19.5 Å². The van der Waals surface area contributed by atoms with Crippen molar-refractivity contribution in [2.24, 2.45) is 5.16 Å². The second kappa shape index (κ2) is 8.39. The van der Waals surface area contributed by atoms with Crippen LogP contribution in [-0.2, 0) is 19.2 Å². The van der Waals surface area contributed by atoms with Gasteiger partial charge >= 0.3 is 29.6 Å². The first-order valence-corrected chi connectivity index (χ1v) is 8.86. The quantitative estimate of drug-likeness (QED) is 0.214. The number of anilines is 1. The van der Waals surface area contributed by atoms with Crippen LogP contribution in [0, 0.1) is 0 Å². The molecule has 2 aliphatic rings. The molecule has 10 nitrogen and oxygen atoms in total. The predicted octanol–water partition coefficient (Wildman–Crippen LogP) is -4.89. The molecule has 0 radical (unpaired) electrons. The van der Waals surface area contributed by atoms with Crippen LogP contribution in [0.3, 0.4) is 0 Å². The number of fused-ring (bicyclic) bond motifs is 1. The van der Waals surface area contributed by atoms with Gasteiger partial charge in [0.1, 0.15) is 24.2 Å². The summed E-state index contributed by atoms with van der Waals surface area (Å²) < 4.78 is 0. The number of oxime groups is 1. The van der Waals surface area contributed by atoms with Crippen LogP contribution in [0.1, 0.15) is 5.69 Å². The number of carbonyl (C=O) groups is 3. The van der Waals surface area contributed by atoms with Crippen molar-refractivity contribution in [1.82, 2.24) is 15.2 Å². The number of hydrogen-bond acceptors (Lipinski definition) is 10. The average molecular weight is 405 g/mol. The van der Waals surface area contributed by atoms with Crippen LogP contribution < -0.4 is 45.7 Å². The van der Waals surface area contributed by atoms with E-state index < -0.39 is 29.2 Å². The Morgan fingerprint density at radius 1 is 1.54 bits per heavy atom. The number of nitrogen functional groups attached to an aromatic ring is 1. The van der Waals surface area contributed by atoms with Gasteiger partial charge in [0.2, 0.25) is 0 Å². The molecule has 0 aromatic carbocycles. The number of aromatic nitrogens is 1. The number of carboxylic acids is 1. The van der Waals surface area contributed by atoms with Gasteiger partial charge in [-0.3, -0.25) is 14.5 Å². The molecule has 2 unspecified atom stereocenters. The summed E-state index contributed by atoms with van der Waals surface area (Å²) in [6.07, 6.45) is 1.41. The molecule has 0 saturated carbocycles. The van der Waals surface area contributed by atoms with Crippen LogP contribution >= 0.6 is 23.1 Å². The molecule has 13 heteroatoms. The number of nitrogens with zero attached hydrogens (tertiary/aromatic N) is 3. The fraction of sp³-hybridized carbons (Fsp3) is 0.308. The SMILES string of the molecule is CO/N=C(/C(=O)NC1C(=O)N2C(C(=O)[O-])=CCSC12)c1csc(N)n1.[Na+]. The van der Waals surface area contributed by atoms with E-state index in [0.717, 1.165) is 16.2 Å². The Morgan fingerprint density at radius 2 is 2.27 bits per heavy atom. The number of thioether (sulfide) groups is 1. The number of thiazole rings is 1. The third-order valence-corrected chi connectivity index (χ3v) is 5.36. The number of aliphatic carboxylic acids is 1. The molecule has 2 atom stereocenters. The molecular formula is C13H12N5NaO5S2. The Bertz CT molecular complexity index is 811. The van der Waals surface area contributed by atoms with Crippen molar-refractivity contribution in [3.63, 3.8) is 0 Å². The summed E-state index contributed by atoms with van der Waals surface area (Å²) in [6.45, 7) is 0. The molecule has 1 aromatic heterocycles. The first kappa shape index (κ1) is 20.7. The molecule has 0 bridgehead atoms. The Kier molecular flexibility index (Phi) is 6.69. The largest absolute Gasteiger partial charge is 1.00 e. The van der Waals surface area contributed by atoms with Crippen LogP contribution in [0.15, 0.2) is 22.3 Å². The summed E-state index contributed by atoms with van der Waals surface area (Å²) in [5, 5.41) is 18.5. The first-order chi connectivity index (χ1) is 11.9. The van der Waals surface area contributed by atoms with E-state index >= 15 is 0 Å². The van der Waals surface area contributed by atoms with E-state index in [1.165, 1.54) is 30.3 Å². The van der Waals surface area contributed by atoms with Crippen LogP contribution in [0.5, 0.6) is 0 Å². The normalized spacial score (nSPS) is 21.7. The van der Waals surface area contributed by atoms with Crippen molar-refractivity contribution >= 4 is 51.7 Å². The van der Waals surface area contributed by atoms with Crippen molar-refractivity contribution < 1.29 is 53.9 Å². The maximum atomic E-state index is 12.5. The molecule has 3 rings (SSSR count). The van der Waals surface area contributed by atoms with Crippen molar-refractivity contribution in [3.8, 4) is 0 Å². The molecule has 2 aliphatic heterocycles. The third kappa shape index (κ3) is 3.74. The van der Waals surface area contributed by atoms with Gasteiger partial charge in [-0.2, -0.15) is 0 Å². The van der Waals surface area contributed by atoms with E-state index in [4.69, 9.17) is 5.73 Å². The number of nitrogens with two attached hydrogens (primary N) is 1. The molecule has 0 spiro atoms. The zero-order chi connectivity index (χ0) is 18.1. The molecule has 26 heavy (non-hydrogen) atoms. The number of rotatable bonds is 5. The first-order valence-electron chi connectivity index (χ1n) is 6.93. The zero-order valence-electron chi connectivity index (χ0n) is 13.8. The average Bonchev–Trinajstić information content (AvgIpc) is 3.02. The summed E-state index contributed by atoms with van der Waals surface area (Å²) in [7, 11) is 1.27.